The Balaban J connectivity index is 3.55. The number of allylic oxidation sites excluding steroid dienone is 1. The summed E-state index contributed by atoms with van der Waals surface area (Å²) in [6.45, 7) is 16.9. The van der Waals surface area contributed by atoms with Crippen LogP contribution in [0.3, 0.4) is 0 Å². The highest BCUT2D eigenvalue weighted by molar-refractivity contribution is 5.93. The monoisotopic (exact) mass is 501 g/mol. The Hall–Kier alpha value is -3.21. The number of nitrogens with zero attached hydrogens (tertiary/aromatic N) is 3. The lowest BCUT2D eigenvalue weighted by Gasteiger charge is -2.43. The number of aromatic nitrogens is 1. The first-order valence-corrected chi connectivity index (χ1v) is 12.5. The van der Waals surface area contributed by atoms with Gasteiger partial charge in [0.2, 0.25) is 0 Å². The van der Waals surface area contributed by atoms with Gasteiger partial charge >= 0.3 is 0 Å². The predicted octanol–water partition coefficient (Wildman–Crippen LogP) is 6.35. The maximum atomic E-state index is 14.1. The van der Waals surface area contributed by atoms with Crippen LogP contribution in [-0.4, -0.2) is 34.6 Å². The number of carbonyl (C=O) groups excluding carboxylic acids is 1. The van der Waals surface area contributed by atoms with E-state index in [1.165, 1.54) is 6.21 Å². The third-order valence-corrected chi connectivity index (χ3v) is 6.19. The molecule has 1 rings (SSSR count). The van der Waals surface area contributed by atoms with E-state index in [0.29, 0.717) is 23.9 Å². The summed E-state index contributed by atoms with van der Waals surface area (Å²) in [7, 11) is 0. The molecule has 1 heterocycles. The number of nitrogens with one attached hydrogen (secondary N) is 2. The molecule has 0 saturated heterocycles. The number of carbonyl (C=O) groups is 1. The molecule has 1 aromatic rings. The summed E-state index contributed by atoms with van der Waals surface area (Å²) in [5.74, 6) is 0.212. The molecule has 0 aliphatic rings. The number of halogens is 2. The molecule has 198 valence electrons. The number of rotatable bonds is 14. The smallest absolute Gasteiger partial charge is 0.270 e. The van der Waals surface area contributed by atoms with Gasteiger partial charge in [0.15, 0.2) is 0 Å². The number of aryl methyl sites for hydroxylation is 1. The van der Waals surface area contributed by atoms with Crippen molar-refractivity contribution in [1.82, 2.24) is 15.6 Å². The highest BCUT2D eigenvalue weighted by atomic mass is 19.3. The lowest BCUT2D eigenvalue weighted by molar-refractivity contribution is -0.0196. The Bertz CT molecular complexity index is 1010. The van der Waals surface area contributed by atoms with E-state index in [2.05, 4.69) is 53.9 Å². The van der Waals surface area contributed by atoms with E-state index in [9.17, 15) is 13.6 Å². The first kappa shape index (κ1) is 30.8. The van der Waals surface area contributed by atoms with Crippen molar-refractivity contribution in [2.75, 3.05) is 4.90 Å². The van der Waals surface area contributed by atoms with Crippen LogP contribution in [0.4, 0.5) is 14.6 Å². The van der Waals surface area contributed by atoms with Crippen molar-refractivity contribution in [1.29, 1.82) is 0 Å². The van der Waals surface area contributed by atoms with E-state index in [1.807, 2.05) is 18.7 Å². The number of aliphatic imine (C=N–C) groups is 1. The molecule has 8 heteroatoms. The second kappa shape index (κ2) is 13.8. The quantitative estimate of drug-likeness (QED) is 0.230. The van der Waals surface area contributed by atoms with Gasteiger partial charge in [0.05, 0.1) is 12.3 Å². The molecule has 0 aromatic carbocycles. The van der Waals surface area contributed by atoms with E-state index in [-0.39, 0.29) is 12.1 Å². The Morgan fingerprint density at radius 1 is 1.31 bits per heavy atom. The lowest BCUT2D eigenvalue weighted by Crippen LogP contribution is -2.49. The summed E-state index contributed by atoms with van der Waals surface area (Å²) in [6.07, 6.45) is 11.6. The lowest BCUT2D eigenvalue weighted by atomic mass is 9.90. The SMILES string of the molecule is C#C/C=N\C(=C/C)NC(=C)N(c1nc(C(=O)NC(CCC)C(C)(F)F)ccc1C)C(C)(CC)CCC. The zero-order valence-corrected chi connectivity index (χ0v) is 22.7. The van der Waals surface area contributed by atoms with Crippen molar-refractivity contribution in [2.24, 2.45) is 4.99 Å². The minimum absolute atomic E-state index is 0.0605. The summed E-state index contributed by atoms with van der Waals surface area (Å²) in [4.78, 5) is 23.9. The van der Waals surface area contributed by atoms with Gasteiger partial charge in [-0.2, -0.15) is 0 Å². The topological polar surface area (TPSA) is 69.6 Å². The number of amides is 1. The first-order chi connectivity index (χ1) is 16.9. The van der Waals surface area contributed by atoms with Gasteiger partial charge in [0, 0.05) is 12.5 Å². The molecule has 2 atom stereocenters. The molecule has 2 unspecified atom stereocenters. The third kappa shape index (κ3) is 8.18. The first-order valence-electron chi connectivity index (χ1n) is 12.5. The van der Waals surface area contributed by atoms with Crippen LogP contribution in [0.2, 0.25) is 0 Å². The summed E-state index contributed by atoms with van der Waals surface area (Å²) in [5, 5.41) is 5.68. The zero-order valence-electron chi connectivity index (χ0n) is 22.7. The molecule has 0 aliphatic heterocycles. The van der Waals surface area contributed by atoms with Crippen LogP contribution in [0.5, 0.6) is 0 Å². The van der Waals surface area contributed by atoms with Crippen LogP contribution >= 0.6 is 0 Å². The van der Waals surface area contributed by atoms with Gasteiger partial charge in [-0.15, -0.1) is 6.42 Å². The minimum atomic E-state index is -3.05. The van der Waals surface area contributed by atoms with Crippen LogP contribution in [0, 0.1) is 19.3 Å². The zero-order chi connectivity index (χ0) is 27.5. The highest BCUT2D eigenvalue weighted by Crippen LogP contribution is 2.34. The van der Waals surface area contributed by atoms with Crippen molar-refractivity contribution >= 4 is 17.9 Å². The molecule has 2 N–H and O–H groups in total. The third-order valence-electron chi connectivity index (χ3n) is 6.19. The van der Waals surface area contributed by atoms with E-state index < -0.39 is 23.4 Å². The highest BCUT2D eigenvalue weighted by Gasteiger charge is 2.36. The van der Waals surface area contributed by atoms with Crippen LogP contribution in [-0.2, 0) is 0 Å². The van der Waals surface area contributed by atoms with Gasteiger partial charge in [-0.25, -0.2) is 18.8 Å². The summed E-state index contributed by atoms with van der Waals surface area (Å²) < 4.78 is 28.1. The molecule has 0 bridgehead atoms. The minimum Gasteiger partial charge on any atom is -0.342 e. The average Bonchev–Trinajstić information content (AvgIpc) is 2.82. The Labute approximate surface area is 215 Å². The largest absolute Gasteiger partial charge is 0.342 e. The van der Waals surface area contributed by atoms with Crippen molar-refractivity contribution < 1.29 is 13.6 Å². The molecular weight excluding hydrogens is 460 g/mol. The van der Waals surface area contributed by atoms with Gasteiger partial charge in [0.1, 0.15) is 23.2 Å². The van der Waals surface area contributed by atoms with E-state index in [0.717, 1.165) is 31.7 Å². The number of hydrogen-bond acceptors (Lipinski definition) is 5. The van der Waals surface area contributed by atoms with Gasteiger partial charge < -0.3 is 15.5 Å². The normalized spacial score (nSPS) is 14.6. The molecule has 0 spiro atoms. The van der Waals surface area contributed by atoms with E-state index in [1.54, 1.807) is 25.1 Å². The fraction of sp³-hybridized carbons (Fsp3) is 0.536. The Kier molecular flexibility index (Phi) is 11.8. The number of pyridine rings is 1. The van der Waals surface area contributed by atoms with Crippen molar-refractivity contribution in [3.05, 3.63) is 47.7 Å². The second-order valence-electron chi connectivity index (χ2n) is 9.21. The molecule has 36 heavy (non-hydrogen) atoms. The maximum Gasteiger partial charge on any atom is 0.270 e. The Morgan fingerprint density at radius 2 is 1.97 bits per heavy atom. The molecule has 6 nitrogen and oxygen atoms in total. The molecular formula is C28H41F2N5O. The number of anilines is 1. The number of terminal acetylenes is 1. The van der Waals surface area contributed by atoms with Crippen LogP contribution in [0.15, 0.2) is 41.4 Å². The molecule has 0 aliphatic carbocycles. The molecule has 1 aromatic heterocycles. The van der Waals surface area contributed by atoms with Gasteiger partial charge in [0.25, 0.3) is 11.8 Å². The van der Waals surface area contributed by atoms with E-state index >= 15 is 0 Å². The summed E-state index contributed by atoms with van der Waals surface area (Å²) >= 11 is 0. The second-order valence-corrected chi connectivity index (χ2v) is 9.21. The fourth-order valence-corrected chi connectivity index (χ4v) is 4.03. The average molecular weight is 502 g/mol. The van der Waals surface area contributed by atoms with Crippen LogP contribution in [0.25, 0.3) is 0 Å². The molecule has 0 radical (unpaired) electrons. The summed E-state index contributed by atoms with van der Waals surface area (Å²) in [6, 6.07) is 2.05. The van der Waals surface area contributed by atoms with Crippen molar-refractivity contribution in [3.63, 3.8) is 0 Å². The van der Waals surface area contributed by atoms with Crippen molar-refractivity contribution in [2.45, 2.75) is 98.1 Å². The van der Waals surface area contributed by atoms with Crippen molar-refractivity contribution in [3.8, 4) is 12.3 Å². The number of hydrogen-bond donors (Lipinski definition) is 2. The van der Waals surface area contributed by atoms with Crippen LogP contribution < -0.4 is 15.5 Å². The van der Waals surface area contributed by atoms with Gasteiger partial charge in [-0.1, -0.05) is 52.2 Å². The van der Waals surface area contributed by atoms with Gasteiger partial charge in [-0.05, 0) is 57.7 Å². The predicted molar refractivity (Wildman–Crippen MR) is 145 cm³/mol. The van der Waals surface area contributed by atoms with E-state index in [4.69, 9.17) is 6.42 Å². The standard InChI is InChI=1S/C28H41F2N5O/c1-10-15-23(28(9,29)30)34-26(36)22-17-16-20(6)25(33-22)35(27(8,14-5)18-11-2)21(7)32-24(13-4)31-19-12-3/h3,13,16-17,19,23,32H,7,10-11,14-15,18H2,1-2,4-6,8-9H3,(H,34,36)/b24-13+,31-19-. The number of alkyl halides is 2. The maximum absolute atomic E-state index is 14.1. The van der Waals surface area contributed by atoms with Crippen LogP contribution in [0.1, 0.15) is 89.7 Å². The molecule has 0 fully saturated rings. The fourth-order valence-electron chi connectivity index (χ4n) is 4.03. The summed E-state index contributed by atoms with van der Waals surface area (Å²) in [5.41, 5.74) is 0.470. The molecule has 0 saturated carbocycles. The van der Waals surface area contributed by atoms with Gasteiger partial charge in [-0.3, -0.25) is 4.79 Å². The Morgan fingerprint density at radius 3 is 2.47 bits per heavy atom. The molecule has 1 amide bonds.